The van der Waals surface area contributed by atoms with Crippen molar-refractivity contribution in [1.29, 1.82) is 0 Å². The van der Waals surface area contributed by atoms with Gasteiger partial charge in [0.05, 0.1) is 12.6 Å². The summed E-state index contributed by atoms with van der Waals surface area (Å²) in [5.74, 6) is 0. The largest absolute Gasteiger partial charge is 0.511 e. The maximum Gasteiger partial charge on any atom is 0.511 e. The first-order chi connectivity index (χ1) is 10.5. The Morgan fingerprint density at radius 2 is 1.00 bits per heavy atom. The third-order valence-electron chi connectivity index (χ3n) is 4.55. The van der Waals surface area contributed by atoms with Crippen LogP contribution in [0, 0.1) is 0 Å². The first-order valence-electron chi connectivity index (χ1n) is 9.12. The highest BCUT2D eigenvalue weighted by Gasteiger charge is 2.56. The third-order valence-corrected chi connectivity index (χ3v) is 17.9. The maximum atomic E-state index is 6.31. The highest BCUT2D eigenvalue weighted by Crippen LogP contribution is 2.35. The van der Waals surface area contributed by atoms with Gasteiger partial charge in [-0.3, -0.25) is 0 Å². The van der Waals surface area contributed by atoms with Gasteiger partial charge in [-0.05, 0) is 19.3 Å². The molecule has 0 bridgehead atoms. The van der Waals surface area contributed by atoms with Crippen LogP contribution >= 0.6 is 12.6 Å². The minimum atomic E-state index is -2.73. The summed E-state index contributed by atoms with van der Waals surface area (Å²) in [6.45, 7) is 15.4. The van der Waals surface area contributed by atoms with Gasteiger partial charge in [0, 0.05) is 19.8 Å². The Labute approximate surface area is 146 Å². The molecule has 0 aliphatic heterocycles. The minimum absolute atomic E-state index is 0.171. The van der Waals surface area contributed by atoms with Crippen LogP contribution < -0.4 is 0 Å². The predicted octanol–water partition coefficient (Wildman–Crippen LogP) is 5.09. The van der Waals surface area contributed by atoms with E-state index >= 15 is 0 Å². The van der Waals surface area contributed by atoms with Gasteiger partial charge in [0.25, 0.3) is 0 Å². The second-order valence-corrected chi connectivity index (χ2v) is 16.1. The lowest BCUT2D eigenvalue weighted by Gasteiger charge is -2.43. The Bertz CT molecular complexity index is 246. The fourth-order valence-electron chi connectivity index (χ4n) is 2.80. The molecule has 0 aromatic heterocycles. The third kappa shape index (κ3) is 5.94. The molecule has 0 spiro atoms. The van der Waals surface area contributed by atoms with E-state index in [9.17, 15) is 0 Å². The zero-order chi connectivity index (χ0) is 17.1. The zero-order valence-electron chi connectivity index (χ0n) is 15.6. The van der Waals surface area contributed by atoms with E-state index in [1.165, 1.54) is 18.1 Å². The van der Waals surface area contributed by atoms with E-state index in [2.05, 4.69) is 41.5 Å². The molecule has 6 heteroatoms. The first kappa shape index (κ1) is 22.7. The van der Waals surface area contributed by atoms with Gasteiger partial charge >= 0.3 is 8.80 Å². The maximum absolute atomic E-state index is 6.31. The molecule has 0 aromatic carbocycles. The Balaban J connectivity index is 5.52. The molecule has 22 heavy (non-hydrogen) atoms. The van der Waals surface area contributed by atoms with Crippen molar-refractivity contribution in [3.63, 3.8) is 0 Å². The van der Waals surface area contributed by atoms with Crippen LogP contribution in [0.15, 0.2) is 0 Å². The Hall–Kier alpha value is 0.664. The first-order valence-corrected chi connectivity index (χ1v) is 14.1. The van der Waals surface area contributed by atoms with Crippen molar-refractivity contribution in [2.24, 2.45) is 0 Å². The van der Waals surface area contributed by atoms with Crippen molar-refractivity contribution in [2.45, 2.75) is 83.4 Å². The van der Waals surface area contributed by atoms with Gasteiger partial charge in [0.15, 0.2) is 0 Å². The van der Waals surface area contributed by atoms with Crippen molar-refractivity contribution in [2.75, 3.05) is 19.8 Å². The van der Waals surface area contributed by atoms with Gasteiger partial charge in [-0.15, -0.1) is 0 Å². The lowest BCUT2D eigenvalue weighted by Crippen LogP contribution is -2.65. The number of rotatable bonds is 14. The summed E-state index contributed by atoms with van der Waals surface area (Å²) < 4.78 is 19.1. The molecule has 0 amide bonds. The minimum Gasteiger partial charge on any atom is -0.373 e. The van der Waals surface area contributed by atoms with Crippen LogP contribution in [0.25, 0.3) is 0 Å². The number of hydrogen-bond acceptors (Lipinski definition) is 4. The van der Waals surface area contributed by atoms with Gasteiger partial charge in [-0.2, -0.15) is 12.6 Å². The molecule has 0 N–H and O–H groups in total. The summed E-state index contributed by atoms with van der Waals surface area (Å²) in [7, 11) is -4.29. The van der Waals surface area contributed by atoms with Gasteiger partial charge in [0.1, 0.15) is 0 Å². The average Bonchev–Trinajstić information content (AvgIpc) is 2.56. The molecular weight excluding hydrogens is 328 g/mol. The fourth-order valence-corrected chi connectivity index (χ4v) is 15.6. The van der Waals surface area contributed by atoms with Crippen molar-refractivity contribution in [1.82, 2.24) is 0 Å². The van der Waals surface area contributed by atoms with E-state index < -0.39 is 16.9 Å². The van der Waals surface area contributed by atoms with Crippen molar-refractivity contribution in [3.05, 3.63) is 0 Å². The molecule has 0 unspecified atom stereocenters. The second kappa shape index (κ2) is 12.1. The summed E-state index contributed by atoms with van der Waals surface area (Å²) in [5, 5.41) is 0. The van der Waals surface area contributed by atoms with Crippen LogP contribution in [0.4, 0.5) is 0 Å². The molecular formula is C16H38O3SSi2. The standard InChI is InChI=1S/C16H38O3SSi2/c1-7-13-17-22(18-14-8-2,19-15-9-3)16(20)21(10-4,11-5)12-6/h16,20H,7-15H2,1-6H3/t16-/m0/s1. The highest BCUT2D eigenvalue weighted by atomic mass is 32.1. The molecule has 0 heterocycles. The van der Waals surface area contributed by atoms with E-state index in [0.717, 1.165) is 19.3 Å². The van der Waals surface area contributed by atoms with E-state index in [1.807, 2.05) is 0 Å². The average molecular weight is 367 g/mol. The molecule has 0 fully saturated rings. The molecule has 0 aromatic rings. The fraction of sp³-hybridized carbons (Fsp3) is 1.00. The summed E-state index contributed by atoms with van der Waals surface area (Å²) in [6, 6.07) is 3.64. The topological polar surface area (TPSA) is 27.7 Å². The molecule has 0 rings (SSSR count). The van der Waals surface area contributed by atoms with E-state index in [4.69, 9.17) is 25.9 Å². The summed E-state index contributed by atoms with van der Waals surface area (Å²) in [5.41, 5.74) is 0. The number of hydrogen-bond donors (Lipinski definition) is 1. The van der Waals surface area contributed by atoms with Crippen molar-refractivity contribution >= 4 is 29.5 Å². The lowest BCUT2D eigenvalue weighted by molar-refractivity contribution is 0.0617. The van der Waals surface area contributed by atoms with Crippen LogP contribution in [0.3, 0.4) is 0 Å². The molecule has 0 radical (unpaired) electrons. The quantitative estimate of drug-likeness (QED) is 0.343. The SMILES string of the molecule is CCCO[Si](OCCC)(OCCC)[C@@H](S)[Si](CC)(CC)CC. The van der Waals surface area contributed by atoms with Gasteiger partial charge in [0.2, 0.25) is 0 Å². The van der Waals surface area contributed by atoms with Crippen LogP contribution in [0.1, 0.15) is 60.8 Å². The summed E-state index contributed by atoms with van der Waals surface area (Å²) in [6.07, 6.45) is 2.96. The normalized spacial score (nSPS) is 14.3. The second-order valence-electron chi connectivity index (χ2n) is 5.97. The molecule has 0 saturated carbocycles. The van der Waals surface area contributed by atoms with E-state index in [0.29, 0.717) is 19.8 Å². The molecule has 134 valence electrons. The van der Waals surface area contributed by atoms with Crippen molar-refractivity contribution in [3.8, 4) is 0 Å². The lowest BCUT2D eigenvalue weighted by atomic mass is 10.5. The summed E-state index contributed by atoms with van der Waals surface area (Å²) in [4.78, 5) is 0. The molecule has 0 aliphatic carbocycles. The number of thiol groups is 1. The van der Waals surface area contributed by atoms with Crippen LogP contribution in [-0.4, -0.2) is 41.2 Å². The zero-order valence-corrected chi connectivity index (χ0v) is 18.5. The molecule has 1 atom stereocenters. The Kier molecular flexibility index (Phi) is 12.5. The predicted molar refractivity (Wildman–Crippen MR) is 104 cm³/mol. The molecule has 3 nitrogen and oxygen atoms in total. The molecule has 0 aliphatic rings. The van der Waals surface area contributed by atoms with Crippen LogP contribution in [0.2, 0.25) is 18.1 Å². The Morgan fingerprint density at radius 3 is 1.23 bits per heavy atom. The summed E-state index contributed by atoms with van der Waals surface area (Å²) >= 11 is 5.10. The van der Waals surface area contributed by atoms with Gasteiger partial charge in [-0.25, -0.2) is 0 Å². The monoisotopic (exact) mass is 366 g/mol. The smallest absolute Gasteiger partial charge is 0.373 e. The van der Waals surface area contributed by atoms with Gasteiger partial charge < -0.3 is 13.3 Å². The molecule has 0 saturated heterocycles. The van der Waals surface area contributed by atoms with Crippen molar-refractivity contribution < 1.29 is 13.3 Å². The van der Waals surface area contributed by atoms with E-state index in [1.54, 1.807) is 0 Å². The van der Waals surface area contributed by atoms with E-state index in [-0.39, 0.29) is 4.50 Å². The highest BCUT2D eigenvalue weighted by molar-refractivity contribution is 7.85. The Morgan fingerprint density at radius 1 is 0.682 bits per heavy atom. The van der Waals surface area contributed by atoms with Crippen LogP contribution in [0.5, 0.6) is 0 Å². The van der Waals surface area contributed by atoms with Crippen LogP contribution in [-0.2, 0) is 13.3 Å². The van der Waals surface area contributed by atoms with Gasteiger partial charge in [-0.1, -0.05) is 59.7 Å².